The zero-order valence-electron chi connectivity index (χ0n) is 41.2. The Morgan fingerprint density at radius 3 is 0.938 bits per heavy atom. The van der Waals surface area contributed by atoms with E-state index >= 15 is 0 Å². The van der Waals surface area contributed by atoms with Crippen molar-refractivity contribution in [2.75, 3.05) is 13.2 Å². The number of esters is 3. The number of carbonyl (C=O) groups is 3. The Hall–Kier alpha value is -4.71. The van der Waals surface area contributed by atoms with Gasteiger partial charge < -0.3 is 14.2 Å². The molecule has 0 aromatic rings. The summed E-state index contributed by atoms with van der Waals surface area (Å²) in [5, 5.41) is 0. The number of ether oxygens (including phenoxy) is 3. The highest BCUT2D eigenvalue weighted by atomic mass is 16.6. The quantitative estimate of drug-likeness (QED) is 0.0263. The van der Waals surface area contributed by atoms with Crippen LogP contribution in [0, 0.1) is 0 Å². The molecule has 0 spiro atoms. The van der Waals surface area contributed by atoms with Crippen LogP contribution in [0.4, 0.5) is 0 Å². The fraction of sp³-hybridized carbons (Fsp3) is 0.542. The molecule has 0 aromatic carbocycles. The predicted octanol–water partition coefficient (Wildman–Crippen LogP) is 16.9. The first-order chi connectivity index (χ1) is 32.0. The van der Waals surface area contributed by atoms with E-state index in [1.807, 2.05) is 122 Å². The summed E-state index contributed by atoms with van der Waals surface area (Å²) >= 11 is 0. The van der Waals surface area contributed by atoms with Gasteiger partial charge >= 0.3 is 17.9 Å². The number of hydrogen-bond donors (Lipinski definition) is 0. The number of carbonyl (C=O) groups excluding carboxylic acids is 3. The zero-order valence-corrected chi connectivity index (χ0v) is 41.2. The van der Waals surface area contributed by atoms with Gasteiger partial charge in [-0.3, -0.25) is 14.4 Å². The lowest BCUT2D eigenvalue weighted by Crippen LogP contribution is -2.30. The SMILES string of the molecule is CC\C=C/C=C\C=C/C=C\C=C/CCCCCC(=O)OC(COC(=O)CCCCC\C=C/C=C\C=C\C=C/C=C\C=C/C=C\CC)COC(=O)CCCCCCCCCCCCCCC. The second-order valence-corrected chi connectivity index (χ2v) is 16.3. The molecule has 0 N–H and O–H groups in total. The van der Waals surface area contributed by atoms with Crippen LogP contribution in [-0.2, 0) is 28.6 Å². The molecule has 0 radical (unpaired) electrons. The second-order valence-electron chi connectivity index (χ2n) is 16.3. The van der Waals surface area contributed by atoms with Gasteiger partial charge in [-0.2, -0.15) is 0 Å². The van der Waals surface area contributed by atoms with E-state index in [1.54, 1.807) is 0 Å². The summed E-state index contributed by atoms with van der Waals surface area (Å²) in [5.41, 5.74) is 0. The van der Waals surface area contributed by atoms with E-state index in [1.165, 1.54) is 64.2 Å². The summed E-state index contributed by atoms with van der Waals surface area (Å²) in [6, 6.07) is 0. The fourth-order valence-corrected chi connectivity index (χ4v) is 6.39. The highest BCUT2D eigenvalue weighted by Gasteiger charge is 2.19. The summed E-state index contributed by atoms with van der Waals surface area (Å²) in [6.07, 6.45) is 73.9. The molecular formula is C59H90O6. The predicted molar refractivity (Wildman–Crippen MR) is 279 cm³/mol. The standard InChI is InChI=1S/C59H90O6/c1-4-7-10-13-16-19-22-25-27-28-29-30-32-34-37-40-43-46-49-52-58(61)64-55-56(54-63-57(60)51-48-45-42-39-36-33-24-21-18-15-12-9-6-3)65-59(62)53-50-47-44-41-38-35-31-26-23-20-17-14-11-8-5-2/h7-8,10-11,13-14,16-17,19-20,22-23,25-32,34-35,37-38,56H,4-6,9,12,15,18,21,24,33,36,39-55H2,1-3H3/b10-7-,11-8-,16-13-,17-14-,22-19-,23-20-,27-25-,29-28+,31-26-,32-30-,37-34-,38-35-. The molecule has 0 saturated heterocycles. The second kappa shape index (κ2) is 51.9. The molecule has 0 aromatic heterocycles. The summed E-state index contributed by atoms with van der Waals surface area (Å²) in [5.74, 6) is -1.01. The monoisotopic (exact) mass is 895 g/mol. The maximum Gasteiger partial charge on any atom is 0.306 e. The Morgan fingerprint density at radius 1 is 0.323 bits per heavy atom. The van der Waals surface area contributed by atoms with E-state index in [0.29, 0.717) is 19.3 Å². The highest BCUT2D eigenvalue weighted by molar-refractivity contribution is 5.71. The summed E-state index contributed by atoms with van der Waals surface area (Å²) in [7, 11) is 0. The lowest BCUT2D eigenvalue weighted by atomic mass is 10.0. The van der Waals surface area contributed by atoms with Gasteiger partial charge in [-0.25, -0.2) is 0 Å². The van der Waals surface area contributed by atoms with Crippen LogP contribution in [0.2, 0.25) is 0 Å². The van der Waals surface area contributed by atoms with Gasteiger partial charge in [0.2, 0.25) is 0 Å². The number of unbranched alkanes of at least 4 members (excludes halogenated alkanes) is 18. The minimum Gasteiger partial charge on any atom is -0.462 e. The Morgan fingerprint density at radius 2 is 0.600 bits per heavy atom. The van der Waals surface area contributed by atoms with Gasteiger partial charge in [-0.05, 0) is 57.8 Å². The van der Waals surface area contributed by atoms with Crippen LogP contribution >= 0.6 is 0 Å². The molecule has 0 bridgehead atoms. The first-order valence-corrected chi connectivity index (χ1v) is 25.5. The topological polar surface area (TPSA) is 78.9 Å². The third-order valence-electron chi connectivity index (χ3n) is 10.2. The van der Waals surface area contributed by atoms with Gasteiger partial charge in [0, 0.05) is 19.3 Å². The summed E-state index contributed by atoms with van der Waals surface area (Å²) in [6.45, 7) is 6.25. The van der Waals surface area contributed by atoms with Crippen molar-refractivity contribution in [2.45, 2.75) is 194 Å². The van der Waals surface area contributed by atoms with Crippen molar-refractivity contribution in [2.24, 2.45) is 0 Å². The van der Waals surface area contributed by atoms with Crippen LogP contribution in [0.25, 0.3) is 0 Å². The van der Waals surface area contributed by atoms with Crippen molar-refractivity contribution >= 4 is 17.9 Å². The molecule has 0 aliphatic heterocycles. The number of rotatable bonds is 43. The van der Waals surface area contributed by atoms with Crippen LogP contribution in [0.15, 0.2) is 146 Å². The Labute approximate surface area is 397 Å². The number of hydrogen-bond acceptors (Lipinski definition) is 6. The Balaban J connectivity index is 4.60. The van der Waals surface area contributed by atoms with Gasteiger partial charge in [-0.15, -0.1) is 0 Å². The molecular weight excluding hydrogens is 805 g/mol. The molecule has 0 saturated carbocycles. The largest absolute Gasteiger partial charge is 0.462 e. The Bertz CT molecular complexity index is 1490. The molecule has 0 aliphatic rings. The van der Waals surface area contributed by atoms with E-state index in [4.69, 9.17) is 14.2 Å². The van der Waals surface area contributed by atoms with Crippen molar-refractivity contribution in [1.82, 2.24) is 0 Å². The number of allylic oxidation sites excluding steroid dienone is 24. The van der Waals surface area contributed by atoms with Crippen molar-refractivity contribution in [3.8, 4) is 0 Å². The van der Waals surface area contributed by atoms with Crippen molar-refractivity contribution < 1.29 is 28.6 Å². The van der Waals surface area contributed by atoms with Gasteiger partial charge in [0.05, 0.1) is 0 Å². The van der Waals surface area contributed by atoms with E-state index in [9.17, 15) is 14.4 Å². The van der Waals surface area contributed by atoms with Crippen LogP contribution in [0.3, 0.4) is 0 Å². The van der Waals surface area contributed by atoms with E-state index in [-0.39, 0.29) is 44.0 Å². The van der Waals surface area contributed by atoms with E-state index in [2.05, 4.69) is 45.1 Å². The van der Waals surface area contributed by atoms with Crippen molar-refractivity contribution in [1.29, 1.82) is 0 Å². The fourth-order valence-electron chi connectivity index (χ4n) is 6.39. The molecule has 0 rings (SSSR count). The first-order valence-electron chi connectivity index (χ1n) is 25.5. The average Bonchev–Trinajstić information content (AvgIpc) is 3.30. The van der Waals surface area contributed by atoms with Gasteiger partial charge in [0.1, 0.15) is 13.2 Å². The third-order valence-corrected chi connectivity index (χ3v) is 10.2. The third kappa shape index (κ3) is 50.2. The zero-order chi connectivity index (χ0) is 47.2. The maximum absolute atomic E-state index is 12.8. The summed E-state index contributed by atoms with van der Waals surface area (Å²) < 4.78 is 16.7. The van der Waals surface area contributed by atoms with Crippen LogP contribution in [-0.4, -0.2) is 37.2 Å². The lowest BCUT2D eigenvalue weighted by Gasteiger charge is -2.18. The first kappa shape index (κ1) is 60.3. The molecule has 1 unspecified atom stereocenters. The molecule has 362 valence electrons. The van der Waals surface area contributed by atoms with Gasteiger partial charge in [0.15, 0.2) is 6.10 Å². The van der Waals surface area contributed by atoms with Gasteiger partial charge in [0.25, 0.3) is 0 Å². The molecule has 0 aliphatic carbocycles. The van der Waals surface area contributed by atoms with E-state index in [0.717, 1.165) is 70.6 Å². The van der Waals surface area contributed by atoms with Crippen LogP contribution < -0.4 is 0 Å². The van der Waals surface area contributed by atoms with Crippen LogP contribution in [0.1, 0.15) is 188 Å². The minimum absolute atomic E-state index is 0.115. The molecule has 65 heavy (non-hydrogen) atoms. The highest BCUT2D eigenvalue weighted by Crippen LogP contribution is 2.14. The molecule has 1 atom stereocenters. The van der Waals surface area contributed by atoms with Crippen molar-refractivity contribution in [3.05, 3.63) is 146 Å². The molecule has 0 heterocycles. The molecule has 6 nitrogen and oxygen atoms in total. The normalized spacial score (nSPS) is 13.3. The van der Waals surface area contributed by atoms with Gasteiger partial charge in [-0.1, -0.05) is 256 Å². The average molecular weight is 895 g/mol. The van der Waals surface area contributed by atoms with E-state index < -0.39 is 6.10 Å². The lowest BCUT2D eigenvalue weighted by molar-refractivity contribution is -0.167. The minimum atomic E-state index is -0.824. The Kier molecular flexibility index (Phi) is 48.2. The van der Waals surface area contributed by atoms with Crippen LogP contribution in [0.5, 0.6) is 0 Å². The molecule has 6 heteroatoms. The summed E-state index contributed by atoms with van der Waals surface area (Å²) in [4.78, 5) is 38.0. The molecule has 0 amide bonds. The molecule has 0 fully saturated rings. The smallest absolute Gasteiger partial charge is 0.306 e. The van der Waals surface area contributed by atoms with Crippen molar-refractivity contribution in [3.63, 3.8) is 0 Å². The maximum atomic E-state index is 12.8.